The normalized spacial score (nSPS) is 14.3. The predicted molar refractivity (Wildman–Crippen MR) is 79.6 cm³/mol. The molecule has 0 aromatic heterocycles. The zero-order valence-electron chi connectivity index (χ0n) is 11.6. The van der Waals surface area contributed by atoms with Crippen molar-refractivity contribution in [3.63, 3.8) is 0 Å². The van der Waals surface area contributed by atoms with Crippen LogP contribution in [0.5, 0.6) is 5.75 Å². The van der Waals surface area contributed by atoms with Gasteiger partial charge in [0.05, 0.1) is 5.56 Å². The van der Waals surface area contributed by atoms with Crippen molar-refractivity contribution in [1.29, 1.82) is 0 Å². The van der Waals surface area contributed by atoms with E-state index in [1.54, 1.807) is 19.1 Å². The van der Waals surface area contributed by atoms with Crippen molar-refractivity contribution in [3.05, 3.63) is 76.4 Å². The minimum Gasteiger partial charge on any atom is -0.507 e. The van der Waals surface area contributed by atoms with Crippen LogP contribution in [0.15, 0.2) is 59.7 Å². The van der Waals surface area contributed by atoms with Crippen LogP contribution in [0.2, 0.25) is 0 Å². The summed E-state index contributed by atoms with van der Waals surface area (Å²) in [5.74, 6) is -0.584. The summed E-state index contributed by atoms with van der Waals surface area (Å²) in [6.45, 7) is 1.67. The molecule has 2 aromatic rings. The van der Waals surface area contributed by atoms with Crippen molar-refractivity contribution >= 4 is 11.6 Å². The van der Waals surface area contributed by atoms with Crippen LogP contribution < -0.4 is 0 Å². The summed E-state index contributed by atoms with van der Waals surface area (Å²) in [5.41, 5.74) is 2.29. The maximum Gasteiger partial charge on any atom is 0.194 e. The fourth-order valence-corrected chi connectivity index (χ4v) is 2.64. The summed E-state index contributed by atoms with van der Waals surface area (Å²) in [5, 5.41) is 9.92. The predicted octanol–water partition coefficient (Wildman–Crippen LogP) is 3.33. The van der Waals surface area contributed by atoms with Gasteiger partial charge in [-0.1, -0.05) is 42.5 Å². The number of phenolic OH excluding ortho intramolecular Hbond substituents is 1. The van der Waals surface area contributed by atoms with Crippen molar-refractivity contribution in [3.8, 4) is 5.75 Å². The van der Waals surface area contributed by atoms with E-state index in [-0.39, 0.29) is 28.4 Å². The molecule has 0 radical (unpaired) electrons. The summed E-state index contributed by atoms with van der Waals surface area (Å²) in [6.07, 6.45) is 0.394. The molecule has 1 aliphatic rings. The highest BCUT2D eigenvalue weighted by atomic mass is 16.3. The molecule has 0 spiro atoms. The van der Waals surface area contributed by atoms with Crippen molar-refractivity contribution in [2.24, 2.45) is 0 Å². The minimum atomic E-state index is -0.260. The third-order valence-corrected chi connectivity index (χ3v) is 3.81. The molecule has 3 heteroatoms. The molecule has 0 unspecified atom stereocenters. The van der Waals surface area contributed by atoms with Gasteiger partial charge in [-0.2, -0.15) is 0 Å². The van der Waals surface area contributed by atoms with Gasteiger partial charge in [-0.25, -0.2) is 0 Å². The van der Waals surface area contributed by atoms with Crippen molar-refractivity contribution in [2.45, 2.75) is 13.3 Å². The number of fused-ring (bicyclic) bond motifs is 1. The molecule has 2 aromatic carbocycles. The molecule has 0 aliphatic heterocycles. The molecule has 1 N–H and O–H groups in total. The molecule has 0 atom stereocenters. The van der Waals surface area contributed by atoms with Crippen LogP contribution in [0.1, 0.15) is 33.2 Å². The Morgan fingerprint density at radius 2 is 1.62 bits per heavy atom. The van der Waals surface area contributed by atoms with E-state index in [4.69, 9.17) is 0 Å². The molecule has 0 fully saturated rings. The average molecular weight is 278 g/mol. The monoisotopic (exact) mass is 278 g/mol. The van der Waals surface area contributed by atoms with Crippen molar-refractivity contribution in [2.75, 3.05) is 0 Å². The van der Waals surface area contributed by atoms with Crippen LogP contribution in [-0.2, 0) is 6.42 Å². The van der Waals surface area contributed by atoms with E-state index in [1.807, 2.05) is 30.3 Å². The third kappa shape index (κ3) is 2.17. The Morgan fingerprint density at radius 1 is 0.905 bits per heavy atom. The Labute approximate surface area is 122 Å². The lowest BCUT2D eigenvalue weighted by molar-refractivity contribution is 0.0970. The van der Waals surface area contributed by atoms with Gasteiger partial charge in [0.25, 0.3) is 0 Å². The number of carbonyl (C=O) groups excluding carboxylic acids is 2. The van der Waals surface area contributed by atoms with Gasteiger partial charge in [0.1, 0.15) is 5.75 Å². The molecular weight excluding hydrogens is 264 g/mol. The second-order valence-electron chi connectivity index (χ2n) is 5.12. The van der Waals surface area contributed by atoms with Gasteiger partial charge in [0, 0.05) is 23.1 Å². The van der Waals surface area contributed by atoms with Crippen LogP contribution in [0, 0.1) is 0 Å². The summed E-state index contributed by atoms with van der Waals surface area (Å²) in [6, 6.07) is 14.1. The molecule has 0 amide bonds. The molecule has 0 saturated heterocycles. The van der Waals surface area contributed by atoms with Gasteiger partial charge < -0.3 is 5.11 Å². The molecule has 0 heterocycles. The van der Waals surface area contributed by atoms with Crippen LogP contribution in [0.4, 0.5) is 0 Å². The first-order valence-corrected chi connectivity index (χ1v) is 6.74. The first-order valence-electron chi connectivity index (χ1n) is 6.74. The fraction of sp³-hybridized carbons (Fsp3) is 0.111. The van der Waals surface area contributed by atoms with E-state index in [0.717, 1.165) is 5.56 Å². The summed E-state index contributed by atoms with van der Waals surface area (Å²) >= 11 is 0. The Kier molecular flexibility index (Phi) is 3.18. The van der Waals surface area contributed by atoms with Crippen LogP contribution in [0.3, 0.4) is 0 Å². The number of hydrogen-bond donors (Lipinski definition) is 1. The highest BCUT2D eigenvalue weighted by Gasteiger charge is 2.31. The van der Waals surface area contributed by atoms with E-state index in [1.165, 1.54) is 6.07 Å². The maximum atomic E-state index is 12.6. The van der Waals surface area contributed by atoms with E-state index >= 15 is 0 Å². The molecule has 0 bridgehead atoms. The van der Waals surface area contributed by atoms with Crippen LogP contribution >= 0.6 is 0 Å². The SMILES string of the molecule is CC1=C(Cc2ccccc2)C(=O)c2c(O)cccc2C1=O. The first kappa shape index (κ1) is 13.3. The standard InChI is InChI=1S/C18H14O3/c1-11-14(10-12-6-3-2-4-7-12)18(21)16-13(17(11)20)8-5-9-15(16)19/h2-9,19H,10H2,1H3. The Morgan fingerprint density at radius 3 is 2.33 bits per heavy atom. The zero-order valence-corrected chi connectivity index (χ0v) is 11.6. The lowest BCUT2D eigenvalue weighted by Crippen LogP contribution is -2.22. The molecule has 1 aliphatic carbocycles. The quantitative estimate of drug-likeness (QED) is 0.916. The number of aromatic hydroxyl groups is 1. The number of Topliss-reactive ketones (excluding diaryl/α,β-unsaturated/α-hetero) is 2. The lowest BCUT2D eigenvalue weighted by atomic mass is 9.82. The number of benzene rings is 2. The van der Waals surface area contributed by atoms with E-state index in [2.05, 4.69) is 0 Å². The van der Waals surface area contributed by atoms with Gasteiger partial charge in [0.2, 0.25) is 0 Å². The minimum absolute atomic E-state index is 0.124. The van der Waals surface area contributed by atoms with Crippen molar-refractivity contribution < 1.29 is 14.7 Å². The Hall–Kier alpha value is -2.68. The van der Waals surface area contributed by atoms with Gasteiger partial charge in [-0.05, 0) is 18.6 Å². The Bertz CT molecular complexity index is 770. The second-order valence-corrected chi connectivity index (χ2v) is 5.12. The Balaban J connectivity index is 2.10. The number of rotatable bonds is 2. The van der Waals surface area contributed by atoms with Crippen molar-refractivity contribution in [1.82, 2.24) is 0 Å². The first-order chi connectivity index (χ1) is 10.1. The zero-order chi connectivity index (χ0) is 15.0. The summed E-state index contributed by atoms with van der Waals surface area (Å²) < 4.78 is 0. The van der Waals surface area contributed by atoms with Gasteiger partial charge >= 0.3 is 0 Å². The molecule has 104 valence electrons. The third-order valence-electron chi connectivity index (χ3n) is 3.81. The van der Waals surface area contributed by atoms with Gasteiger partial charge in [-0.15, -0.1) is 0 Å². The topological polar surface area (TPSA) is 54.4 Å². The average Bonchev–Trinajstić information content (AvgIpc) is 2.50. The van der Waals surface area contributed by atoms with Gasteiger partial charge in [0.15, 0.2) is 11.6 Å². The number of carbonyl (C=O) groups is 2. The van der Waals surface area contributed by atoms with Gasteiger partial charge in [-0.3, -0.25) is 9.59 Å². The number of allylic oxidation sites excluding steroid dienone is 2. The molecule has 3 rings (SSSR count). The maximum absolute atomic E-state index is 12.6. The highest BCUT2D eigenvalue weighted by Crippen LogP contribution is 2.33. The van der Waals surface area contributed by atoms with Crippen LogP contribution in [-0.4, -0.2) is 16.7 Å². The number of ketones is 2. The number of phenols is 1. The second kappa shape index (κ2) is 5.02. The summed E-state index contributed by atoms with van der Waals surface area (Å²) in [4.78, 5) is 25.0. The molecule has 0 saturated carbocycles. The largest absolute Gasteiger partial charge is 0.507 e. The fourth-order valence-electron chi connectivity index (χ4n) is 2.64. The highest BCUT2D eigenvalue weighted by molar-refractivity contribution is 6.27. The van der Waals surface area contributed by atoms with E-state index < -0.39 is 0 Å². The summed E-state index contributed by atoms with van der Waals surface area (Å²) in [7, 11) is 0. The van der Waals surface area contributed by atoms with Crippen LogP contribution in [0.25, 0.3) is 0 Å². The van der Waals surface area contributed by atoms with E-state index in [9.17, 15) is 14.7 Å². The lowest BCUT2D eigenvalue weighted by Gasteiger charge is -2.19. The number of hydrogen-bond acceptors (Lipinski definition) is 3. The molecule has 3 nitrogen and oxygen atoms in total. The molecule has 21 heavy (non-hydrogen) atoms. The smallest absolute Gasteiger partial charge is 0.194 e. The molecular formula is C18H14O3. The van der Waals surface area contributed by atoms with E-state index in [0.29, 0.717) is 17.6 Å².